The fourth-order valence-electron chi connectivity index (χ4n) is 3.07. The molecule has 7 heteroatoms. The summed E-state index contributed by atoms with van der Waals surface area (Å²) < 4.78 is 5.41. The number of benzene rings is 1. The maximum absolute atomic E-state index is 12.4. The summed E-state index contributed by atoms with van der Waals surface area (Å²) in [6, 6.07) is 10.4. The summed E-state index contributed by atoms with van der Waals surface area (Å²) in [6.07, 6.45) is 1.14. The number of amides is 1. The van der Waals surface area contributed by atoms with Crippen molar-refractivity contribution in [3.63, 3.8) is 0 Å². The van der Waals surface area contributed by atoms with Crippen LogP contribution in [0.25, 0.3) is 0 Å². The van der Waals surface area contributed by atoms with E-state index in [4.69, 9.17) is 4.52 Å². The van der Waals surface area contributed by atoms with Crippen LogP contribution < -0.4 is 5.32 Å². The second kappa shape index (κ2) is 8.45. The molecule has 0 radical (unpaired) electrons. The van der Waals surface area contributed by atoms with Crippen LogP contribution in [0.15, 0.2) is 34.9 Å². The molecule has 25 heavy (non-hydrogen) atoms. The maximum atomic E-state index is 12.4. The van der Waals surface area contributed by atoms with E-state index in [1.54, 1.807) is 0 Å². The van der Waals surface area contributed by atoms with Crippen LogP contribution >= 0.6 is 12.4 Å². The van der Waals surface area contributed by atoms with E-state index in [1.807, 2.05) is 30.1 Å². The highest BCUT2D eigenvalue weighted by Gasteiger charge is 2.36. The summed E-state index contributed by atoms with van der Waals surface area (Å²) >= 11 is 0. The van der Waals surface area contributed by atoms with Gasteiger partial charge in [-0.3, -0.25) is 4.79 Å². The molecule has 1 amide bonds. The minimum absolute atomic E-state index is 0. The minimum Gasteiger partial charge on any atom is -0.339 e. The third-order valence-corrected chi connectivity index (χ3v) is 4.72. The Hall–Kier alpha value is -1.92. The molecule has 3 unspecified atom stereocenters. The molecular weight excluding hydrogens is 340 g/mol. The van der Waals surface area contributed by atoms with E-state index in [-0.39, 0.29) is 36.3 Å². The largest absolute Gasteiger partial charge is 0.339 e. The Labute approximate surface area is 154 Å². The smallest absolute Gasteiger partial charge is 0.232 e. The zero-order chi connectivity index (χ0) is 17.1. The first-order valence-corrected chi connectivity index (χ1v) is 8.42. The summed E-state index contributed by atoms with van der Waals surface area (Å²) in [7, 11) is 1.91. The van der Waals surface area contributed by atoms with E-state index in [9.17, 15) is 4.79 Å². The van der Waals surface area contributed by atoms with Crippen molar-refractivity contribution < 1.29 is 9.32 Å². The van der Waals surface area contributed by atoms with Crippen molar-refractivity contribution in [1.29, 1.82) is 0 Å². The monoisotopic (exact) mass is 364 g/mol. The Bertz CT molecular complexity index is 691. The van der Waals surface area contributed by atoms with Gasteiger partial charge < -0.3 is 14.7 Å². The average Bonchev–Trinajstić information content (AvgIpc) is 3.21. The average molecular weight is 365 g/mol. The number of nitrogens with one attached hydrogen (secondary N) is 1. The zero-order valence-electron chi connectivity index (χ0n) is 14.8. The fourth-order valence-corrected chi connectivity index (χ4v) is 3.07. The van der Waals surface area contributed by atoms with Gasteiger partial charge in [0.2, 0.25) is 11.8 Å². The molecule has 1 aromatic carbocycles. The maximum Gasteiger partial charge on any atom is 0.232 e. The Morgan fingerprint density at radius 2 is 2.04 bits per heavy atom. The molecule has 0 saturated carbocycles. The number of aromatic nitrogens is 2. The number of hydrogen-bond acceptors (Lipinski definition) is 5. The lowest BCUT2D eigenvalue weighted by molar-refractivity contribution is -0.129. The number of likely N-dealkylation sites (tertiary alicyclic amines) is 1. The molecule has 1 aromatic heterocycles. The number of rotatable bonds is 6. The van der Waals surface area contributed by atoms with E-state index in [2.05, 4.69) is 41.4 Å². The Morgan fingerprint density at radius 3 is 2.72 bits per heavy atom. The fraction of sp³-hybridized carbons (Fsp3) is 0.500. The SMILES string of the molecule is CNC(C)Cc1noc(C2CC(=O)N(C(C)c3ccccc3)C2)n1.Cl. The lowest BCUT2D eigenvalue weighted by Crippen LogP contribution is -2.28. The number of hydrogen-bond donors (Lipinski definition) is 1. The Balaban J connectivity index is 0.00000225. The van der Waals surface area contributed by atoms with Gasteiger partial charge in [0.25, 0.3) is 0 Å². The van der Waals surface area contributed by atoms with Crippen LogP contribution in [0.3, 0.4) is 0 Å². The van der Waals surface area contributed by atoms with Gasteiger partial charge in [0.1, 0.15) is 0 Å². The van der Waals surface area contributed by atoms with Crippen molar-refractivity contribution in [3.05, 3.63) is 47.6 Å². The van der Waals surface area contributed by atoms with E-state index >= 15 is 0 Å². The predicted octanol–water partition coefficient (Wildman–Crippen LogP) is 2.72. The molecule has 1 saturated heterocycles. The minimum atomic E-state index is -0.0187. The molecule has 1 aliphatic rings. The third kappa shape index (κ3) is 4.38. The van der Waals surface area contributed by atoms with E-state index < -0.39 is 0 Å². The van der Waals surface area contributed by atoms with Crippen LogP contribution in [0.1, 0.15) is 49.5 Å². The highest BCUT2D eigenvalue weighted by Crippen LogP contribution is 2.33. The summed E-state index contributed by atoms with van der Waals surface area (Å²) in [5.74, 6) is 1.38. The van der Waals surface area contributed by atoms with Crippen molar-refractivity contribution in [2.45, 2.75) is 44.7 Å². The van der Waals surface area contributed by atoms with Gasteiger partial charge in [0.15, 0.2) is 5.82 Å². The molecule has 1 fully saturated rings. The van der Waals surface area contributed by atoms with Crippen molar-refractivity contribution in [1.82, 2.24) is 20.4 Å². The Morgan fingerprint density at radius 1 is 1.32 bits per heavy atom. The van der Waals surface area contributed by atoms with Gasteiger partial charge in [-0.1, -0.05) is 35.5 Å². The Kier molecular flexibility index (Phi) is 6.56. The van der Waals surface area contributed by atoms with Crippen LogP contribution in [0.2, 0.25) is 0 Å². The second-order valence-corrected chi connectivity index (χ2v) is 6.48. The molecule has 1 aliphatic heterocycles. The quantitative estimate of drug-likeness (QED) is 0.853. The van der Waals surface area contributed by atoms with Gasteiger partial charge in [0.05, 0.1) is 12.0 Å². The molecule has 6 nitrogen and oxygen atoms in total. The number of carbonyl (C=O) groups is 1. The lowest BCUT2D eigenvalue weighted by Gasteiger charge is -2.24. The van der Waals surface area contributed by atoms with Gasteiger partial charge in [-0.2, -0.15) is 4.98 Å². The van der Waals surface area contributed by atoms with Crippen LogP contribution in [0, 0.1) is 0 Å². The topological polar surface area (TPSA) is 71.3 Å². The molecule has 3 atom stereocenters. The number of likely N-dealkylation sites (N-methyl/N-ethyl adjacent to an activating group) is 1. The van der Waals surface area contributed by atoms with Crippen LogP contribution in [0.5, 0.6) is 0 Å². The molecule has 136 valence electrons. The lowest BCUT2D eigenvalue weighted by atomic mass is 10.1. The van der Waals surface area contributed by atoms with E-state index in [0.717, 1.165) is 5.56 Å². The summed E-state index contributed by atoms with van der Waals surface area (Å²) in [5.41, 5.74) is 1.14. The van der Waals surface area contributed by atoms with Crippen LogP contribution in [-0.2, 0) is 11.2 Å². The molecule has 0 aliphatic carbocycles. The van der Waals surface area contributed by atoms with Gasteiger partial charge in [0, 0.05) is 25.4 Å². The van der Waals surface area contributed by atoms with Crippen molar-refractivity contribution >= 4 is 18.3 Å². The molecule has 2 heterocycles. The third-order valence-electron chi connectivity index (χ3n) is 4.72. The zero-order valence-corrected chi connectivity index (χ0v) is 15.6. The van der Waals surface area contributed by atoms with Crippen LogP contribution in [0.4, 0.5) is 0 Å². The molecule has 0 spiro atoms. The molecule has 2 aromatic rings. The highest BCUT2D eigenvalue weighted by atomic mass is 35.5. The predicted molar refractivity (Wildman–Crippen MR) is 97.7 cm³/mol. The van der Waals surface area contributed by atoms with E-state index in [0.29, 0.717) is 31.1 Å². The first-order chi connectivity index (χ1) is 11.6. The first kappa shape index (κ1) is 19.4. The van der Waals surface area contributed by atoms with Crippen molar-refractivity contribution in [2.24, 2.45) is 0 Å². The number of nitrogens with zero attached hydrogens (tertiary/aromatic N) is 3. The summed E-state index contributed by atoms with van der Waals surface area (Å²) in [4.78, 5) is 18.8. The summed E-state index contributed by atoms with van der Waals surface area (Å²) in [6.45, 7) is 4.75. The number of carbonyl (C=O) groups excluding carboxylic acids is 1. The van der Waals surface area contributed by atoms with Crippen molar-refractivity contribution in [2.75, 3.05) is 13.6 Å². The van der Waals surface area contributed by atoms with Gasteiger partial charge in [-0.25, -0.2) is 0 Å². The van der Waals surface area contributed by atoms with Gasteiger partial charge in [-0.05, 0) is 26.5 Å². The van der Waals surface area contributed by atoms with E-state index in [1.165, 1.54) is 0 Å². The molecule has 3 rings (SSSR count). The van der Waals surface area contributed by atoms with Gasteiger partial charge >= 0.3 is 0 Å². The van der Waals surface area contributed by atoms with Gasteiger partial charge in [-0.15, -0.1) is 12.4 Å². The second-order valence-electron chi connectivity index (χ2n) is 6.48. The molecule has 1 N–H and O–H groups in total. The van der Waals surface area contributed by atoms with Crippen LogP contribution in [-0.4, -0.2) is 40.6 Å². The highest BCUT2D eigenvalue weighted by molar-refractivity contribution is 5.85. The standard InChI is InChI=1S/C18H24N4O2.ClH/c1-12(19-3)9-16-20-18(24-21-16)15-10-17(23)22(11-15)13(2)14-7-5-4-6-8-14;/h4-8,12-13,15,19H,9-11H2,1-3H3;1H. The normalized spacial score (nSPS) is 19.6. The number of halogens is 1. The molecule has 0 bridgehead atoms. The first-order valence-electron chi connectivity index (χ1n) is 8.42. The molecular formula is C18H25ClN4O2. The van der Waals surface area contributed by atoms with Crippen molar-refractivity contribution in [3.8, 4) is 0 Å². The summed E-state index contributed by atoms with van der Waals surface area (Å²) in [5, 5.41) is 7.20.